The van der Waals surface area contributed by atoms with Crippen molar-refractivity contribution in [1.29, 1.82) is 0 Å². The molecule has 1 fully saturated rings. The Kier molecular flexibility index (Phi) is 4.49. The summed E-state index contributed by atoms with van der Waals surface area (Å²) in [4.78, 5) is 4.29. The molecule has 0 spiro atoms. The van der Waals surface area contributed by atoms with Crippen LogP contribution >= 0.6 is 0 Å². The molecule has 1 aliphatic rings. The van der Waals surface area contributed by atoms with Crippen molar-refractivity contribution in [3.05, 3.63) is 29.8 Å². The fourth-order valence-corrected chi connectivity index (χ4v) is 2.58. The van der Waals surface area contributed by atoms with E-state index in [0.29, 0.717) is 25.3 Å². The maximum atomic E-state index is 12.8. The van der Waals surface area contributed by atoms with E-state index in [1.54, 1.807) is 6.07 Å². The van der Waals surface area contributed by atoms with Gasteiger partial charge in [0.1, 0.15) is 0 Å². The topological polar surface area (TPSA) is 32.5 Å². The molecule has 3 nitrogen and oxygen atoms in total. The highest BCUT2D eigenvalue weighted by atomic mass is 19.4. The molecule has 118 valence electrons. The van der Waals surface area contributed by atoms with E-state index in [2.05, 4.69) is 18.7 Å². The summed E-state index contributed by atoms with van der Waals surface area (Å²) >= 11 is 0. The second-order valence-corrected chi connectivity index (χ2v) is 6.04. The minimum absolute atomic E-state index is 0.0695. The average Bonchev–Trinajstić information content (AvgIpc) is 2.47. The van der Waals surface area contributed by atoms with Crippen LogP contribution < -0.4 is 10.6 Å². The number of benzene rings is 1. The lowest BCUT2D eigenvalue weighted by Crippen LogP contribution is -2.57. The van der Waals surface area contributed by atoms with Crippen LogP contribution in [0.25, 0.3) is 0 Å². The quantitative estimate of drug-likeness (QED) is 0.931. The van der Waals surface area contributed by atoms with Crippen LogP contribution in [0.5, 0.6) is 0 Å². The van der Waals surface area contributed by atoms with Crippen LogP contribution in [0.3, 0.4) is 0 Å². The third-order valence-electron chi connectivity index (χ3n) is 4.17. The van der Waals surface area contributed by atoms with Crippen molar-refractivity contribution in [2.45, 2.75) is 25.6 Å². The number of rotatable bonds is 3. The van der Waals surface area contributed by atoms with E-state index in [1.165, 1.54) is 12.1 Å². The van der Waals surface area contributed by atoms with Crippen LogP contribution in [0.2, 0.25) is 0 Å². The largest absolute Gasteiger partial charge is 0.416 e. The maximum absolute atomic E-state index is 12.8. The summed E-state index contributed by atoms with van der Waals surface area (Å²) in [5, 5.41) is 0. The first kappa shape index (κ1) is 16.1. The van der Waals surface area contributed by atoms with Crippen molar-refractivity contribution < 1.29 is 13.2 Å². The Hall–Kier alpha value is -1.27. The molecule has 1 aliphatic heterocycles. The summed E-state index contributed by atoms with van der Waals surface area (Å²) in [5.41, 5.74) is 5.74. The summed E-state index contributed by atoms with van der Waals surface area (Å²) < 4.78 is 38.3. The SMILES string of the molecule is CC(C)(CN)N1CCN(c2cccc(C(F)(F)F)c2)CC1. The number of nitrogens with two attached hydrogens (primary N) is 1. The predicted octanol–water partition coefficient (Wildman–Crippen LogP) is 2.56. The zero-order valence-electron chi connectivity index (χ0n) is 12.5. The number of halogens is 3. The van der Waals surface area contributed by atoms with E-state index >= 15 is 0 Å². The number of hydrogen-bond acceptors (Lipinski definition) is 3. The molecule has 0 aromatic heterocycles. The zero-order chi connectivity index (χ0) is 15.7. The molecule has 0 bridgehead atoms. The van der Waals surface area contributed by atoms with Gasteiger partial charge in [-0.1, -0.05) is 6.07 Å². The van der Waals surface area contributed by atoms with Gasteiger partial charge in [0.2, 0.25) is 0 Å². The van der Waals surface area contributed by atoms with E-state index in [4.69, 9.17) is 5.73 Å². The Bertz CT molecular complexity index is 477. The normalized spacial score (nSPS) is 18.1. The Morgan fingerprint density at radius 1 is 1.10 bits per heavy atom. The average molecular weight is 301 g/mol. The number of alkyl halides is 3. The molecule has 0 aliphatic carbocycles. The van der Waals surface area contributed by atoms with Crippen molar-refractivity contribution in [2.75, 3.05) is 37.6 Å². The first-order valence-electron chi connectivity index (χ1n) is 7.11. The van der Waals surface area contributed by atoms with E-state index in [9.17, 15) is 13.2 Å². The summed E-state index contributed by atoms with van der Waals surface area (Å²) in [6.07, 6.45) is -4.29. The highest BCUT2D eigenvalue weighted by molar-refractivity contribution is 5.49. The summed E-state index contributed by atoms with van der Waals surface area (Å²) in [6.45, 7) is 7.78. The van der Waals surface area contributed by atoms with Gasteiger partial charge in [-0.25, -0.2) is 0 Å². The number of anilines is 1. The van der Waals surface area contributed by atoms with Gasteiger partial charge in [0, 0.05) is 44.0 Å². The van der Waals surface area contributed by atoms with Crippen LogP contribution in [0.15, 0.2) is 24.3 Å². The molecule has 1 saturated heterocycles. The second-order valence-electron chi connectivity index (χ2n) is 6.04. The molecule has 0 amide bonds. The molecule has 6 heteroatoms. The Balaban J connectivity index is 2.06. The lowest BCUT2D eigenvalue weighted by molar-refractivity contribution is -0.137. The first-order chi connectivity index (χ1) is 9.74. The van der Waals surface area contributed by atoms with Crippen LogP contribution in [-0.2, 0) is 6.18 Å². The fraction of sp³-hybridized carbons (Fsp3) is 0.600. The predicted molar refractivity (Wildman–Crippen MR) is 78.4 cm³/mol. The Morgan fingerprint density at radius 2 is 1.71 bits per heavy atom. The van der Waals surface area contributed by atoms with Crippen LogP contribution in [0, 0.1) is 0 Å². The van der Waals surface area contributed by atoms with Crippen molar-refractivity contribution in [3.63, 3.8) is 0 Å². The molecule has 0 unspecified atom stereocenters. The Morgan fingerprint density at radius 3 is 2.24 bits per heavy atom. The van der Waals surface area contributed by atoms with Crippen molar-refractivity contribution >= 4 is 5.69 Å². The minimum Gasteiger partial charge on any atom is -0.369 e. The third-order valence-corrected chi connectivity index (χ3v) is 4.17. The van der Waals surface area contributed by atoms with Crippen LogP contribution in [0.4, 0.5) is 18.9 Å². The molecule has 21 heavy (non-hydrogen) atoms. The monoisotopic (exact) mass is 301 g/mol. The number of hydrogen-bond donors (Lipinski definition) is 1. The molecule has 0 atom stereocenters. The molecular formula is C15H22F3N3. The van der Waals surface area contributed by atoms with Crippen molar-refractivity contribution in [1.82, 2.24) is 4.90 Å². The van der Waals surface area contributed by atoms with Gasteiger partial charge in [0.15, 0.2) is 0 Å². The standard InChI is InChI=1S/C15H22F3N3/c1-14(2,11-19)21-8-6-20(7-9-21)13-5-3-4-12(10-13)15(16,17)18/h3-5,10H,6-9,11,19H2,1-2H3. The molecule has 2 N–H and O–H groups in total. The molecule has 1 aromatic carbocycles. The minimum atomic E-state index is -4.29. The summed E-state index contributed by atoms with van der Waals surface area (Å²) in [5.74, 6) is 0. The van der Waals surface area contributed by atoms with Gasteiger partial charge < -0.3 is 10.6 Å². The van der Waals surface area contributed by atoms with E-state index in [0.717, 1.165) is 19.2 Å². The smallest absolute Gasteiger partial charge is 0.369 e. The number of piperazine rings is 1. The summed E-state index contributed by atoms with van der Waals surface area (Å²) in [6, 6.07) is 5.54. The van der Waals surface area contributed by atoms with Crippen molar-refractivity contribution in [2.24, 2.45) is 5.73 Å². The lowest BCUT2D eigenvalue weighted by atomic mass is 10.0. The zero-order valence-corrected chi connectivity index (χ0v) is 12.5. The molecule has 1 heterocycles. The summed E-state index contributed by atoms with van der Waals surface area (Å²) in [7, 11) is 0. The van der Waals surface area contributed by atoms with E-state index < -0.39 is 11.7 Å². The van der Waals surface area contributed by atoms with E-state index in [-0.39, 0.29) is 5.54 Å². The Labute approximate surface area is 123 Å². The van der Waals surface area contributed by atoms with Gasteiger partial charge in [0.25, 0.3) is 0 Å². The third kappa shape index (κ3) is 3.68. The maximum Gasteiger partial charge on any atom is 0.416 e. The van der Waals surface area contributed by atoms with Gasteiger partial charge in [-0.2, -0.15) is 13.2 Å². The highest BCUT2D eigenvalue weighted by Gasteiger charge is 2.32. The van der Waals surface area contributed by atoms with Crippen LogP contribution in [0.1, 0.15) is 19.4 Å². The lowest BCUT2D eigenvalue weighted by Gasteiger charge is -2.44. The van der Waals surface area contributed by atoms with E-state index in [1.807, 2.05) is 4.90 Å². The second kappa shape index (κ2) is 5.85. The van der Waals surface area contributed by atoms with Gasteiger partial charge in [0.05, 0.1) is 5.56 Å². The highest BCUT2D eigenvalue weighted by Crippen LogP contribution is 2.32. The van der Waals surface area contributed by atoms with Gasteiger partial charge in [-0.15, -0.1) is 0 Å². The first-order valence-corrected chi connectivity index (χ1v) is 7.11. The molecule has 2 rings (SSSR count). The molecule has 1 aromatic rings. The fourth-order valence-electron chi connectivity index (χ4n) is 2.58. The van der Waals surface area contributed by atoms with Gasteiger partial charge >= 0.3 is 6.18 Å². The molecule has 0 saturated carbocycles. The molecular weight excluding hydrogens is 279 g/mol. The van der Waals surface area contributed by atoms with Gasteiger partial charge in [-0.05, 0) is 32.0 Å². The van der Waals surface area contributed by atoms with Crippen LogP contribution in [-0.4, -0.2) is 43.2 Å². The van der Waals surface area contributed by atoms with Crippen molar-refractivity contribution in [3.8, 4) is 0 Å². The number of nitrogens with zero attached hydrogens (tertiary/aromatic N) is 2. The van der Waals surface area contributed by atoms with Gasteiger partial charge in [-0.3, -0.25) is 4.90 Å². The molecule has 0 radical (unpaired) electrons.